The second-order valence-electron chi connectivity index (χ2n) is 5.74. The van der Waals surface area contributed by atoms with Crippen molar-refractivity contribution in [2.45, 2.75) is 44.2 Å². The van der Waals surface area contributed by atoms with Gasteiger partial charge in [-0.1, -0.05) is 18.9 Å². The standard InChI is InChI=1S/C12H20N4/c1-2-8-4-5-10-12-11(8)9(3-1)6-7-16(12)15-14-13-10/h6-15H,1-5H2. The summed E-state index contributed by atoms with van der Waals surface area (Å²) in [6, 6.07) is 1.28. The lowest BCUT2D eigenvalue weighted by atomic mass is 9.61. The van der Waals surface area contributed by atoms with E-state index in [1.165, 1.54) is 32.1 Å². The lowest BCUT2D eigenvalue weighted by Crippen LogP contribution is -2.73. The first-order valence-corrected chi connectivity index (χ1v) is 6.66. The number of hydrogen-bond donors (Lipinski definition) is 3. The summed E-state index contributed by atoms with van der Waals surface area (Å²) in [7, 11) is 0. The van der Waals surface area contributed by atoms with E-state index in [-0.39, 0.29) is 0 Å². The molecule has 2 aliphatic carbocycles. The van der Waals surface area contributed by atoms with Crippen LogP contribution in [0.3, 0.4) is 0 Å². The third-order valence-corrected chi connectivity index (χ3v) is 5.06. The molecule has 16 heavy (non-hydrogen) atoms. The summed E-state index contributed by atoms with van der Waals surface area (Å²) >= 11 is 0. The van der Waals surface area contributed by atoms with Gasteiger partial charge in [0.1, 0.15) is 0 Å². The maximum Gasteiger partial charge on any atom is 0.0665 e. The fourth-order valence-corrected chi connectivity index (χ4v) is 4.42. The van der Waals surface area contributed by atoms with Crippen molar-refractivity contribution in [3.8, 4) is 0 Å². The van der Waals surface area contributed by atoms with Gasteiger partial charge in [-0.05, 0) is 37.0 Å². The van der Waals surface area contributed by atoms with Gasteiger partial charge in [0.25, 0.3) is 0 Å². The lowest BCUT2D eigenvalue weighted by Gasteiger charge is -2.56. The van der Waals surface area contributed by atoms with E-state index >= 15 is 0 Å². The lowest BCUT2D eigenvalue weighted by molar-refractivity contribution is -0.0636. The van der Waals surface area contributed by atoms with Gasteiger partial charge in [-0.3, -0.25) is 5.01 Å². The number of allylic oxidation sites excluding steroid dienone is 1. The van der Waals surface area contributed by atoms with Gasteiger partial charge < -0.3 is 0 Å². The molecule has 4 rings (SSSR count). The summed E-state index contributed by atoms with van der Waals surface area (Å²) in [5.41, 5.74) is 9.71. The molecule has 5 atom stereocenters. The van der Waals surface area contributed by atoms with Crippen LogP contribution in [0.4, 0.5) is 0 Å². The maximum absolute atomic E-state index is 3.40. The first-order valence-electron chi connectivity index (χ1n) is 6.66. The second kappa shape index (κ2) is 3.45. The fraction of sp³-hybridized carbons (Fsp3) is 0.833. The molecule has 0 aromatic heterocycles. The molecule has 5 unspecified atom stereocenters. The Kier molecular flexibility index (Phi) is 2.04. The summed E-state index contributed by atoms with van der Waals surface area (Å²) < 4.78 is 0. The molecule has 3 N–H and O–H groups in total. The van der Waals surface area contributed by atoms with Crippen LogP contribution < -0.4 is 16.5 Å². The minimum absolute atomic E-state index is 0.619. The third kappa shape index (κ3) is 1.21. The summed E-state index contributed by atoms with van der Waals surface area (Å²) in [5, 5.41) is 2.29. The molecule has 0 aromatic rings. The van der Waals surface area contributed by atoms with E-state index in [2.05, 4.69) is 33.8 Å². The topological polar surface area (TPSA) is 39.3 Å². The van der Waals surface area contributed by atoms with E-state index in [0.29, 0.717) is 12.1 Å². The van der Waals surface area contributed by atoms with Gasteiger partial charge in [0.2, 0.25) is 0 Å². The predicted octanol–water partition coefficient (Wildman–Crippen LogP) is 0.907. The van der Waals surface area contributed by atoms with Crippen LogP contribution >= 0.6 is 0 Å². The van der Waals surface area contributed by atoms with Gasteiger partial charge in [0.15, 0.2) is 0 Å². The molecule has 0 spiro atoms. The Balaban J connectivity index is 1.72. The Hall–Kier alpha value is -0.580. The minimum atomic E-state index is 0.619. The van der Waals surface area contributed by atoms with Crippen molar-refractivity contribution in [2.24, 2.45) is 17.8 Å². The first kappa shape index (κ1) is 9.45. The number of rotatable bonds is 0. The van der Waals surface area contributed by atoms with Crippen LogP contribution in [0.5, 0.6) is 0 Å². The van der Waals surface area contributed by atoms with E-state index in [1.807, 2.05) is 0 Å². The van der Waals surface area contributed by atoms with Gasteiger partial charge in [-0.25, -0.2) is 5.43 Å². The van der Waals surface area contributed by atoms with Gasteiger partial charge in [-0.15, -0.1) is 0 Å². The number of hydrazine groups is 3. The van der Waals surface area contributed by atoms with Gasteiger partial charge in [-0.2, -0.15) is 11.1 Å². The molecule has 1 saturated heterocycles. The Morgan fingerprint density at radius 3 is 3.12 bits per heavy atom. The number of nitrogens with one attached hydrogen (secondary N) is 3. The highest BCUT2D eigenvalue weighted by Gasteiger charge is 2.49. The van der Waals surface area contributed by atoms with Crippen LogP contribution in [0.25, 0.3) is 0 Å². The first-order chi connectivity index (χ1) is 7.93. The van der Waals surface area contributed by atoms with Crippen LogP contribution in [0.15, 0.2) is 12.3 Å². The monoisotopic (exact) mass is 220 g/mol. The highest BCUT2D eigenvalue weighted by Crippen LogP contribution is 2.48. The molecule has 4 nitrogen and oxygen atoms in total. The average Bonchev–Trinajstić information content (AvgIpc) is 2.36. The van der Waals surface area contributed by atoms with Crippen LogP contribution in [0, 0.1) is 17.8 Å². The normalized spacial score (nSPS) is 50.0. The molecule has 88 valence electrons. The Labute approximate surface area is 96.4 Å². The summed E-state index contributed by atoms with van der Waals surface area (Å²) in [5.74, 6) is 2.68. The highest BCUT2D eigenvalue weighted by molar-refractivity contribution is 5.11. The van der Waals surface area contributed by atoms with Crippen molar-refractivity contribution in [3.05, 3.63) is 12.3 Å². The van der Waals surface area contributed by atoms with E-state index in [4.69, 9.17) is 0 Å². The molecule has 0 radical (unpaired) electrons. The molecule has 2 aliphatic heterocycles. The zero-order valence-corrected chi connectivity index (χ0v) is 9.52. The van der Waals surface area contributed by atoms with Crippen molar-refractivity contribution < 1.29 is 0 Å². The molecule has 0 amide bonds. The van der Waals surface area contributed by atoms with E-state index in [9.17, 15) is 0 Å². The molecule has 0 aromatic carbocycles. The Morgan fingerprint density at radius 1 is 1.12 bits per heavy atom. The number of hydrogen-bond acceptors (Lipinski definition) is 4. The zero-order chi connectivity index (χ0) is 10.5. The largest absolute Gasteiger partial charge is 0.297 e. The molecule has 3 fully saturated rings. The smallest absolute Gasteiger partial charge is 0.0665 e. The average molecular weight is 220 g/mol. The third-order valence-electron chi connectivity index (χ3n) is 5.06. The van der Waals surface area contributed by atoms with E-state index in [1.54, 1.807) is 0 Å². The van der Waals surface area contributed by atoms with Gasteiger partial charge >= 0.3 is 0 Å². The van der Waals surface area contributed by atoms with Crippen molar-refractivity contribution in [2.75, 3.05) is 0 Å². The molecular formula is C12H20N4. The minimum Gasteiger partial charge on any atom is -0.297 e. The van der Waals surface area contributed by atoms with Crippen molar-refractivity contribution in [3.63, 3.8) is 0 Å². The van der Waals surface area contributed by atoms with Crippen LogP contribution in [0.1, 0.15) is 32.1 Å². The van der Waals surface area contributed by atoms with Gasteiger partial charge in [0, 0.05) is 12.2 Å². The van der Waals surface area contributed by atoms with Gasteiger partial charge in [0.05, 0.1) is 6.04 Å². The molecular weight excluding hydrogens is 200 g/mol. The summed E-state index contributed by atoms with van der Waals surface area (Å²) in [6.45, 7) is 0. The fourth-order valence-electron chi connectivity index (χ4n) is 4.42. The number of nitrogens with zero attached hydrogens (tertiary/aromatic N) is 1. The maximum atomic E-state index is 3.40. The SMILES string of the molecule is C1=CN2NNNC3CCC4CCCC1C4C32. The van der Waals surface area contributed by atoms with E-state index < -0.39 is 0 Å². The highest BCUT2D eigenvalue weighted by atomic mass is 15.8. The summed E-state index contributed by atoms with van der Waals surface area (Å²) in [6.07, 6.45) is 11.7. The zero-order valence-electron chi connectivity index (χ0n) is 9.52. The predicted molar refractivity (Wildman–Crippen MR) is 61.5 cm³/mol. The van der Waals surface area contributed by atoms with Crippen LogP contribution in [0.2, 0.25) is 0 Å². The van der Waals surface area contributed by atoms with Crippen molar-refractivity contribution >= 4 is 0 Å². The molecule has 2 saturated carbocycles. The molecule has 4 heteroatoms. The second-order valence-corrected chi connectivity index (χ2v) is 5.74. The van der Waals surface area contributed by atoms with Crippen molar-refractivity contribution in [1.29, 1.82) is 0 Å². The molecule has 0 bridgehead atoms. The summed E-state index contributed by atoms with van der Waals surface area (Å²) in [4.78, 5) is 0. The quantitative estimate of drug-likeness (QED) is 0.567. The van der Waals surface area contributed by atoms with Crippen LogP contribution in [-0.4, -0.2) is 17.1 Å². The molecule has 4 aliphatic rings. The van der Waals surface area contributed by atoms with Crippen LogP contribution in [-0.2, 0) is 0 Å². The Bertz CT molecular complexity index is 286. The van der Waals surface area contributed by atoms with E-state index in [0.717, 1.165) is 17.8 Å². The Morgan fingerprint density at radius 2 is 2.12 bits per heavy atom. The molecule has 2 heterocycles. The van der Waals surface area contributed by atoms with Crippen molar-refractivity contribution in [1.82, 2.24) is 21.5 Å².